The molecule has 0 saturated carbocycles. The standard InChI is InChI=1S/C22H26F2N2O2/c1-4-15(2)25-22(28)16(3)26(14-17-9-11-19(23)12-10-17)21(27)13-18-7-5-6-8-20(18)24/h5-12,15-16H,4,13-14H2,1-3H3,(H,25,28). The third-order valence-corrected chi connectivity index (χ3v) is 4.73. The molecule has 2 amide bonds. The van der Waals surface area contributed by atoms with Gasteiger partial charge in [-0.15, -0.1) is 0 Å². The fourth-order valence-corrected chi connectivity index (χ4v) is 2.74. The smallest absolute Gasteiger partial charge is 0.242 e. The Morgan fingerprint density at radius 1 is 1.04 bits per heavy atom. The molecule has 0 aliphatic heterocycles. The monoisotopic (exact) mass is 388 g/mol. The number of halogens is 2. The van der Waals surface area contributed by atoms with Gasteiger partial charge in [-0.25, -0.2) is 8.78 Å². The van der Waals surface area contributed by atoms with Crippen LogP contribution in [0.1, 0.15) is 38.3 Å². The maximum atomic E-state index is 14.0. The molecule has 0 bridgehead atoms. The van der Waals surface area contributed by atoms with Crippen LogP contribution in [0.4, 0.5) is 8.78 Å². The molecule has 28 heavy (non-hydrogen) atoms. The quantitative estimate of drug-likeness (QED) is 0.747. The lowest BCUT2D eigenvalue weighted by Gasteiger charge is -2.30. The average molecular weight is 388 g/mol. The molecular weight excluding hydrogens is 362 g/mol. The molecule has 2 aromatic rings. The number of hydrogen-bond donors (Lipinski definition) is 1. The van der Waals surface area contributed by atoms with Crippen LogP contribution in [-0.2, 0) is 22.6 Å². The summed E-state index contributed by atoms with van der Waals surface area (Å²) in [6.07, 6.45) is 0.606. The molecule has 0 aromatic heterocycles. The summed E-state index contributed by atoms with van der Waals surface area (Å²) in [4.78, 5) is 26.9. The lowest BCUT2D eigenvalue weighted by Crippen LogP contribution is -2.50. The maximum Gasteiger partial charge on any atom is 0.242 e. The predicted molar refractivity (Wildman–Crippen MR) is 104 cm³/mol. The molecule has 0 aliphatic carbocycles. The second-order valence-electron chi connectivity index (χ2n) is 6.91. The zero-order chi connectivity index (χ0) is 20.7. The molecule has 0 saturated heterocycles. The Hall–Kier alpha value is -2.76. The summed E-state index contributed by atoms with van der Waals surface area (Å²) >= 11 is 0. The lowest BCUT2D eigenvalue weighted by molar-refractivity contribution is -0.140. The van der Waals surface area contributed by atoms with Crippen LogP contribution in [0.25, 0.3) is 0 Å². The molecule has 6 heteroatoms. The van der Waals surface area contributed by atoms with Crippen molar-refractivity contribution in [2.45, 2.75) is 52.2 Å². The molecule has 2 aromatic carbocycles. The summed E-state index contributed by atoms with van der Waals surface area (Å²) in [5, 5.41) is 2.87. The predicted octanol–water partition coefficient (Wildman–Crippen LogP) is 3.84. The van der Waals surface area contributed by atoms with Crippen molar-refractivity contribution in [3.8, 4) is 0 Å². The van der Waals surface area contributed by atoms with Crippen molar-refractivity contribution in [1.29, 1.82) is 0 Å². The second-order valence-corrected chi connectivity index (χ2v) is 6.91. The normalized spacial score (nSPS) is 12.9. The lowest BCUT2D eigenvalue weighted by atomic mass is 10.1. The van der Waals surface area contributed by atoms with Crippen LogP contribution in [0.15, 0.2) is 48.5 Å². The number of carbonyl (C=O) groups is 2. The van der Waals surface area contributed by atoms with Gasteiger partial charge in [-0.3, -0.25) is 9.59 Å². The summed E-state index contributed by atoms with van der Waals surface area (Å²) in [6.45, 7) is 5.61. The zero-order valence-corrected chi connectivity index (χ0v) is 16.4. The SMILES string of the molecule is CCC(C)NC(=O)C(C)N(Cc1ccc(F)cc1)C(=O)Cc1ccccc1F. The first-order chi connectivity index (χ1) is 13.3. The van der Waals surface area contributed by atoms with Gasteiger partial charge >= 0.3 is 0 Å². The molecule has 0 spiro atoms. The number of hydrogen-bond acceptors (Lipinski definition) is 2. The third-order valence-electron chi connectivity index (χ3n) is 4.73. The molecule has 2 atom stereocenters. The Labute approximate surface area is 164 Å². The minimum absolute atomic E-state index is 0.0238. The van der Waals surface area contributed by atoms with E-state index < -0.39 is 11.9 Å². The summed E-state index contributed by atoms with van der Waals surface area (Å²) in [7, 11) is 0. The van der Waals surface area contributed by atoms with Gasteiger partial charge in [0.2, 0.25) is 11.8 Å². The van der Waals surface area contributed by atoms with Crippen LogP contribution >= 0.6 is 0 Å². The maximum absolute atomic E-state index is 14.0. The first kappa shape index (κ1) is 21.5. The Morgan fingerprint density at radius 3 is 2.29 bits per heavy atom. The number of nitrogens with zero attached hydrogens (tertiary/aromatic N) is 1. The highest BCUT2D eigenvalue weighted by Crippen LogP contribution is 2.15. The van der Waals surface area contributed by atoms with Gasteiger partial charge in [0.1, 0.15) is 17.7 Å². The first-order valence-electron chi connectivity index (χ1n) is 9.39. The number of amides is 2. The van der Waals surface area contributed by atoms with Gasteiger partial charge in [-0.05, 0) is 49.6 Å². The van der Waals surface area contributed by atoms with Crippen LogP contribution < -0.4 is 5.32 Å². The van der Waals surface area contributed by atoms with Gasteiger partial charge in [-0.2, -0.15) is 0 Å². The zero-order valence-electron chi connectivity index (χ0n) is 16.4. The van der Waals surface area contributed by atoms with Crippen molar-refractivity contribution in [3.05, 3.63) is 71.3 Å². The van der Waals surface area contributed by atoms with E-state index in [1.165, 1.54) is 23.1 Å². The van der Waals surface area contributed by atoms with Gasteiger partial charge in [0.05, 0.1) is 6.42 Å². The Kier molecular flexibility index (Phi) is 7.67. The van der Waals surface area contributed by atoms with E-state index in [2.05, 4.69) is 5.32 Å². The summed E-state index contributed by atoms with van der Waals surface area (Å²) in [6, 6.07) is 11.0. The van der Waals surface area contributed by atoms with Gasteiger partial charge < -0.3 is 10.2 Å². The fraction of sp³-hybridized carbons (Fsp3) is 0.364. The summed E-state index contributed by atoms with van der Waals surface area (Å²) in [5.41, 5.74) is 0.956. The van der Waals surface area contributed by atoms with Crippen LogP contribution in [0.5, 0.6) is 0 Å². The molecule has 2 rings (SSSR count). The molecule has 0 radical (unpaired) electrons. The van der Waals surface area contributed by atoms with Gasteiger partial charge in [0.25, 0.3) is 0 Å². The first-order valence-corrected chi connectivity index (χ1v) is 9.39. The summed E-state index contributed by atoms with van der Waals surface area (Å²) < 4.78 is 27.2. The van der Waals surface area contributed by atoms with Gasteiger partial charge in [0.15, 0.2) is 0 Å². The topological polar surface area (TPSA) is 49.4 Å². The Morgan fingerprint density at radius 2 is 1.68 bits per heavy atom. The molecule has 0 aliphatic rings. The van der Waals surface area contributed by atoms with E-state index in [9.17, 15) is 18.4 Å². The highest BCUT2D eigenvalue weighted by Gasteiger charge is 2.27. The van der Waals surface area contributed by atoms with Crippen molar-refractivity contribution < 1.29 is 18.4 Å². The highest BCUT2D eigenvalue weighted by molar-refractivity contribution is 5.88. The van der Waals surface area contributed by atoms with Crippen molar-refractivity contribution in [2.24, 2.45) is 0 Å². The van der Waals surface area contributed by atoms with Crippen molar-refractivity contribution in [3.63, 3.8) is 0 Å². The molecule has 0 fully saturated rings. The number of rotatable bonds is 8. The Bertz CT molecular complexity index is 808. The highest BCUT2D eigenvalue weighted by atomic mass is 19.1. The molecule has 2 unspecified atom stereocenters. The van der Waals surface area contributed by atoms with Crippen LogP contribution in [-0.4, -0.2) is 28.8 Å². The minimum Gasteiger partial charge on any atom is -0.352 e. The van der Waals surface area contributed by atoms with Gasteiger partial charge in [0, 0.05) is 12.6 Å². The van der Waals surface area contributed by atoms with Crippen molar-refractivity contribution in [2.75, 3.05) is 0 Å². The van der Waals surface area contributed by atoms with Crippen molar-refractivity contribution in [1.82, 2.24) is 10.2 Å². The summed E-state index contributed by atoms with van der Waals surface area (Å²) in [5.74, 6) is -1.50. The van der Waals surface area contributed by atoms with E-state index >= 15 is 0 Å². The van der Waals surface area contributed by atoms with E-state index in [1.807, 2.05) is 13.8 Å². The van der Waals surface area contributed by atoms with Crippen LogP contribution in [0, 0.1) is 11.6 Å². The molecule has 0 heterocycles. The average Bonchev–Trinajstić information content (AvgIpc) is 2.68. The van der Waals surface area contributed by atoms with E-state index in [0.29, 0.717) is 5.56 Å². The number of benzene rings is 2. The second kappa shape index (κ2) is 9.97. The van der Waals surface area contributed by atoms with Gasteiger partial charge in [-0.1, -0.05) is 37.3 Å². The van der Waals surface area contributed by atoms with E-state index in [4.69, 9.17) is 0 Å². The van der Waals surface area contributed by atoms with E-state index in [0.717, 1.165) is 6.42 Å². The van der Waals surface area contributed by atoms with E-state index in [-0.39, 0.29) is 42.2 Å². The molecule has 150 valence electrons. The van der Waals surface area contributed by atoms with Crippen LogP contribution in [0.2, 0.25) is 0 Å². The minimum atomic E-state index is -0.752. The Balaban J connectivity index is 2.23. The van der Waals surface area contributed by atoms with Crippen LogP contribution in [0.3, 0.4) is 0 Å². The van der Waals surface area contributed by atoms with E-state index in [1.54, 1.807) is 37.3 Å². The molecule has 1 N–H and O–H groups in total. The third kappa shape index (κ3) is 5.87. The van der Waals surface area contributed by atoms with Crippen molar-refractivity contribution >= 4 is 11.8 Å². The fourth-order valence-electron chi connectivity index (χ4n) is 2.74. The number of nitrogens with one attached hydrogen (secondary N) is 1. The number of carbonyl (C=O) groups excluding carboxylic acids is 2. The molecule has 4 nitrogen and oxygen atoms in total. The largest absolute Gasteiger partial charge is 0.352 e. The molecular formula is C22H26F2N2O2.